The quantitative estimate of drug-likeness (QED) is 0.892. The second-order valence-electron chi connectivity index (χ2n) is 5.10. The molecule has 19 heavy (non-hydrogen) atoms. The minimum absolute atomic E-state index is 0.294. The van der Waals surface area contributed by atoms with E-state index in [1.54, 1.807) is 22.4 Å². The zero-order valence-electron chi connectivity index (χ0n) is 11.0. The van der Waals surface area contributed by atoms with E-state index in [4.69, 9.17) is 0 Å². The lowest BCUT2D eigenvalue weighted by Gasteiger charge is -2.20. The number of urea groups is 1. The molecule has 5 nitrogen and oxygen atoms in total. The number of carboxylic acid groups (broad SMARTS) is 1. The summed E-state index contributed by atoms with van der Waals surface area (Å²) >= 11 is 1.33. The van der Waals surface area contributed by atoms with E-state index >= 15 is 0 Å². The monoisotopic (exact) mass is 282 g/mol. The Morgan fingerprint density at radius 2 is 2.05 bits per heavy atom. The number of aliphatic carboxylic acids is 1. The third-order valence-electron chi connectivity index (χ3n) is 3.62. The van der Waals surface area contributed by atoms with Gasteiger partial charge in [0.2, 0.25) is 0 Å². The Hall–Kier alpha value is -1.56. The van der Waals surface area contributed by atoms with Crippen molar-refractivity contribution in [3.63, 3.8) is 0 Å². The molecule has 0 aromatic carbocycles. The van der Waals surface area contributed by atoms with Crippen LogP contribution < -0.4 is 5.32 Å². The number of carbonyl (C=O) groups is 2. The molecule has 1 fully saturated rings. The first-order valence-electron chi connectivity index (χ1n) is 6.30. The summed E-state index contributed by atoms with van der Waals surface area (Å²) in [6, 6.07) is 2.25. The Balaban J connectivity index is 2.02. The molecule has 0 spiro atoms. The number of hydrogen-bond acceptors (Lipinski definition) is 3. The fraction of sp³-hybridized carbons (Fsp3) is 0.538. The maximum absolute atomic E-state index is 12.1. The maximum atomic E-state index is 12.1. The average molecular weight is 282 g/mol. The number of rotatable bonds is 3. The van der Waals surface area contributed by atoms with E-state index < -0.39 is 12.0 Å². The summed E-state index contributed by atoms with van der Waals surface area (Å²) in [7, 11) is 0. The third-order valence-corrected chi connectivity index (χ3v) is 4.55. The SMILES string of the molecule is CC1CN(C(=O)NC(C(=O)O)c2cccs2)CC1C. The lowest BCUT2D eigenvalue weighted by molar-refractivity contribution is -0.139. The molecule has 1 aliphatic heterocycles. The van der Waals surface area contributed by atoms with Crippen LogP contribution in [0, 0.1) is 11.8 Å². The Labute approximate surface area is 116 Å². The van der Waals surface area contributed by atoms with Crippen molar-refractivity contribution >= 4 is 23.3 Å². The second-order valence-corrected chi connectivity index (χ2v) is 6.07. The van der Waals surface area contributed by atoms with Gasteiger partial charge >= 0.3 is 12.0 Å². The van der Waals surface area contributed by atoms with Crippen LogP contribution in [0.25, 0.3) is 0 Å². The number of likely N-dealkylation sites (tertiary alicyclic amines) is 1. The van der Waals surface area contributed by atoms with Crippen LogP contribution in [0.5, 0.6) is 0 Å². The summed E-state index contributed by atoms with van der Waals surface area (Å²) in [4.78, 5) is 25.7. The molecule has 2 amide bonds. The molecule has 6 heteroatoms. The molecule has 3 atom stereocenters. The van der Waals surface area contributed by atoms with Gasteiger partial charge in [0, 0.05) is 18.0 Å². The first-order chi connectivity index (χ1) is 8.99. The average Bonchev–Trinajstić information content (AvgIpc) is 2.97. The van der Waals surface area contributed by atoms with Gasteiger partial charge in [-0.1, -0.05) is 19.9 Å². The third kappa shape index (κ3) is 3.07. The van der Waals surface area contributed by atoms with Crippen LogP contribution in [0.4, 0.5) is 4.79 Å². The van der Waals surface area contributed by atoms with E-state index in [-0.39, 0.29) is 6.03 Å². The van der Waals surface area contributed by atoms with Gasteiger partial charge in [-0.2, -0.15) is 0 Å². The molecule has 2 rings (SSSR count). The van der Waals surface area contributed by atoms with Crippen LogP contribution in [-0.2, 0) is 4.79 Å². The molecule has 1 aliphatic rings. The largest absolute Gasteiger partial charge is 0.479 e. The fourth-order valence-electron chi connectivity index (χ4n) is 2.22. The van der Waals surface area contributed by atoms with Crippen molar-refractivity contribution in [3.8, 4) is 0 Å². The number of thiophene rings is 1. The summed E-state index contributed by atoms with van der Waals surface area (Å²) in [6.07, 6.45) is 0. The predicted octanol–water partition coefficient (Wildman–Crippen LogP) is 2.17. The summed E-state index contributed by atoms with van der Waals surface area (Å²) in [5.74, 6) is -0.123. The smallest absolute Gasteiger partial charge is 0.331 e. The Bertz CT molecular complexity index is 450. The van der Waals surface area contributed by atoms with Crippen molar-refractivity contribution in [2.45, 2.75) is 19.9 Å². The molecule has 0 saturated carbocycles. The fourth-order valence-corrected chi connectivity index (χ4v) is 2.99. The van der Waals surface area contributed by atoms with Gasteiger partial charge in [-0.15, -0.1) is 11.3 Å². The zero-order chi connectivity index (χ0) is 14.0. The van der Waals surface area contributed by atoms with Crippen LogP contribution >= 0.6 is 11.3 Å². The van der Waals surface area contributed by atoms with Crippen molar-refractivity contribution < 1.29 is 14.7 Å². The highest BCUT2D eigenvalue weighted by atomic mass is 32.1. The van der Waals surface area contributed by atoms with Gasteiger partial charge in [0.1, 0.15) is 0 Å². The first-order valence-corrected chi connectivity index (χ1v) is 7.18. The van der Waals surface area contributed by atoms with E-state index in [0.717, 1.165) is 0 Å². The van der Waals surface area contributed by atoms with E-state index in [1.807, 2.05) is 0 Å². The van der Waals surface area contributed by atoms with E-state index in [9.17, 15) is 14.7 Å². The minimum atomic E-state index is -1.03. The van der Waals surface area contributed by atoms with Crippen LogP contribution in [-0.4, -0.2) is 35.1 Å². The lowest BCUT2D eigenvalue weighted by Crippen LogP contribution is -2.42. The molecule has 3 unspecified atom stereocenters. The lowest BCUT2D eigenvalue weighted by atomic mass is 10.0. The van der Waals surface area contributed by atoms with Crippen molar-refractivity contribution in [1.29, 1.82) is 0 Å². The molecule has 104 valence electrons. The summed E-state index contributed by atoms with van der Waals surface area (Å²) < 4.78 is 0. The van der Waals surface area contributed by atoms with Crippen LogP contribution in [0.2, 0.25) is 0 Å². The van der Waals surface area contributed by atoms with Crippen molar-refractivity contribution in [2.24, 2.45) is 11.8 Å². The van der Waals surface area contributed by atoms with E-state index in [0.29, 0.717) is 29.8 Å². The minimum Gasteiger partial charge on any atom is -0.479 e. The van der Waals surface area contributed by atoms with E-state index in [1.165, 1.54) is 11.3 Å². The topological polar surface area (TPSA) is 69.6 Å². The van der Waals surface area contributed by atoms with Gasteiger partial charge in [0.25, 0.3) is 0 Å². The number of nitrogens with one attached hydrogen (secondary N) is 1. The number of hydrogen-bond donors (Lipinski definition) is 2. The first kappa shape index (κ1) is 13.9. The van der Waals surface area contributed by atoms with Crippen molar-refractivity contribution in [3.05, 3.63) is 22.4 Å². The van der Waals surface area contributed by atoms with Crippen molar-refractivity contribution in [1.82, 2.24) is 10.2 Å². The van der Waals surface area contributed by atoms with Gasteiger partial charge in [-0.05, 0) is 23.3 Å². The Kier molecular flexibility index (Phi) is 4.09. The Morgan fingerprint density at radius 1 is 1.42 bits per heavy atom. The van der Waals surface area contributed by atoms with Gasteiger partial charge in [-0.3, -0.25) is 0 Å². The van der Waals surface area contributed by atoms with Crippen molar-refractivity contribution in [2.75, 3.05) is 13.1 Å². The highest BCUT2D eigenvalue weighted by Crippen LogP contribution is 2.24. The standard InChI is InChI=1S/C13H18N2O3S/c1-8-6-15(7-9(8)2)13(18)14-11(12(16)17)10-4-3-5-19-10/h3-5,8-9,11H,6-7H2,1-2H3,(H,14,18)(H,16,17). The van der Waals surface area contributed by atoms with Gasteiger partial charge < -0.3 is 15.3 Å². The van der Waals surface area contributed by atoms with Gasteiger partial charge in [0.05, 0.1) is 0 Å². The molecular formula is C13H18N2O3S. The summed E-state index contributed by atoms with van der Waals surface area (Å²) in [6.45, 7) is 5.57. The molecule has 0 bridgehead atoms. The normalized spacial score (nSPS) is 24.2. The molecule has 0 radical (unpaired) electrons. The molecule has 1 aromatic rings. The molecule has 1 saturated heterocycles. The highest BCUT2D eigenvalue weighted by molar-refractivity contribution is 7.10. The van der Waals surface area contributed by atoms with Gasteiger partial charge in [0.15, 0.2) is 6.04 Å². The number of carbonyl (C=O) groups excluding carboxylic acids is 1. The second kappa shape index (κ2) is 5.61. The number of carboxylic acids is 1. The summed E-state index contributed by atoms with van der Waals surface area (Å²) in [5.41, 5.74) is 0. The zero-order valence-corrected chi connectivity index (χ0v) is 11.8. The molecule has 0 aliphatic carbocycles. The van der Waals surface area contributed by atoms with Crippen LogP contribution in [0.15, 0.2) is 17.5 Å². The van der Waals surface area contributed by atoms with Crippen LogP contribution in [0.1, 0.15) is 24.8 Å². The molecule has 2 heterocycles. The molecular weight excluding hydrogens is 264 g/mol. The number of nitrogens with zero attached hydrogens (tertiary/aromatic N) is 1. The van der Waals surface area contributed by atoms with E-state index in [2.05, 4.69) is 19.2 Å². The Morgan fingerprint density at radius 3 is 2.53 bits per heavy atom. The highest BCUT2D eigenvalue weighted by Gasteiger charge is 2.32. The van der Waals surface area contributed by atoms with Gasteiger partial charge in [-0.25, -0.2) is 9.59 Å². The maximum Gasteiger partial charge on any atom is 0.331 e. The number of amides is 2. The molecule has 2 N–H and O–H groups in total. The predicted molar refractivity (Wildman–Crippen MR) is 73.1 cm³/mol. The van der Waals surface area contributed by atoms with Crippen LogP contribution in [0.3, 0.4) is 0 Å². The summed E-state index contributed by atoms with van der Waals surface area (Å²) in [5, 5.41) is 13.6. The molecule has 1 aromatic heterocycles.